The lowest BCUT2D eigenvalue weighted by Crippen LogP contribution is -1.83. The summed E-state index contributed by atoms with van der Waals surface area (Å²) >= 11 is 8.77. The van der Waals surface area contributed by atoms with Gasteiger partial charge in [-0.3, -0.25) is 0 Å². The smallest absolute Gasteiger partial charge is 0.183 e. The second-order valence-electron chi connectivity index (χ2n) is 1.35. The molecule has 0 bridgehead atoms. The minimum Gasteiger partial charge on any atom is -0.225 e. The molecule has 0 spiro atoms. The van der Waals surface area contributed by atoms with E-state index in [2.05, 4.69) is 40.2 Å². The third-order valence-electron chi connectivity index (χ3n) is 0.680. The largest absolute Gasteiger partial charge is 0.225 e. The molecule has 0 saturated heterocycles. The lowest BCUT2D eigenvalue weighted by atomic mass is 11.1. The molecular weight excluding hydrogens is 186 g/mol. The van der Waals surface area contributed by atoms with Crippen molar-refractivity contribution in [1.29, 1.82) is 0 Å². The standard InChI is InChI=1S/C4H5N3S3/c8-4(9)10-3-6-1-5-2-7-3/h1-2,8-10H. The van der Waals surface area contributed by atoms with Gasteiger partial charge in [0.15, 0.2) is 5.16 Å². The van der Waals surface area contributed by atoms with Crippen LogP contribution < -0.4 is 0 Å². The van der Waals surface area contributed by atoms with Crippen LogP contribution in [0, 0.1) is 0 Å². The SMILES string of the molecule is SC(S)=[SH]c1ncncn1. The van der Waals surface area contributed by atoms with Crippen LogP contribution in [0.15, 0.2) is 17.8 Å². The first-order valence-corrected chi connectivity index (χ1v) is 4.16. The van der Waals surface area contributed by atoms with Gasteiger partial charge in [-0.25, -0.2) is 15.0 Å². The fourth-order valence-corrected chi connectivity index (χ4v) is 1.31. The summed E-state index contributed by atoms with van der Waals surface area (Å²) in [7, 11) is 0. The second-order valence-corrected chi connectivity index (χ2v) is 4.37. The number of rotatable bonds is 1. The molecule has 0 aliphatic heterocycles. The molecule has 10 heavy (non-hydrogen) atoms. The molecule has 0 amide bonds. The van der Waals surface area contributed by atoms with Gasteiger partial charge in [-0.1, -0.05) is 0 Å². The Morgan fingerprint density at radius 2 is 1.90 bits per heavy atom. The predicted molar refractivity (Wildman–Crippen MR) is 50.1 cm³/mol. The van der Waals surface area contributed by atoms with E-state index in [0.717, 1.165) is 11.4 Å². The van der Waals surface area contributed by atoms with Crippen molar-refractivity contribution in [2.75, 3.05) is 0 Å². The van der Waals surface area contributed by atoms with Gasteiger partial charge in [0.2, 0.25) is 0 Å². The summed E-state index contributed by atoms with van der Waals surface area (Å²) in [5.41, 5.74) is 0. The van der Waals surface area contributed by atoms with Gasteiger partial charge >= 0.3 is 0 Å². The van der Waals surface area contributed by atoms with Crippen LogP contribution in [0.2, 0.25) is 0 Å². The van der Waals surface area contributed by atoms with E-state index >= 15 is 0 Å². The summed E-state index contributed by atoms with van der Waals surface area (Å²) in [6.07, 6.45) is 2.89. The molecule has 0 unspecified atom stereocenters. The molecule has 1 rings (SSSR count). The molecule has 1 aromatic rings. The topological polar surface area (TPSA) is 38.7 Å². The molecule has 0 fully saturated rings. The molecule has 6 heteroatoms. The van der Waals surface area contributed by atoms with Crippen molar-refractivity contribution >= 4 is 40.1 Å². The molecule has 1 heterocycles. The highest BCUT2D eigenvalue weighted by atomic mass is 32.2. The molecule has 1 aromatic heterocycles. The Balaban J connectivity index is 2.87. The number of thiol groups is 3. The number of nitrogens with zero attached hydrogens (tertiary/aromatic N) is 3. The quantitative estimate of drug-likeness (QED) is 0.450. The van der Waals surface area contributed by atoms with Crippen LogP contribution >= 0.6 is 36.6 Å². The Hall–Kier alpha value is -0.0700. The second kappa shape index (κ2) is 3.95. The number of aromatic nitrogens is 3. The Bertz CT molecular complexity index is 231. The maximum Gasteiger partial charge on any atom is 0.183 e. The third kappa shape index (κ3) is 2.68. The van der Waals surface area contributed by atoms with Crippen molar-refractivity contribution in [1.82, 2.24) is 15.0 Å². The summed E-state index contributed by atoms with van der Waals surface area (Å²) < 4.78 is 0.672. The fraction of sp³-hybridized carbons (Fsp3) is 0. The summed E-state index contributed by atoms with van der Waals surface area (Å²) in [6.45, 7) is 0. The average Bonchev–Trinajstić information content (AvgIpc) is 1.88. The zero-order valence-electron chi connectivity index (χ0n) is 4.84. The van der Waals surface area contributed by atoms with Crippen molar-refractivity contribution in [3.63, 3.8) is 0 Å². The Labute approximate surface area is 73.1 Å². The monoisotopic (exact) mass is 191 g/mol. The van der Waals surface area contributed by atoms with Crippen molar-refractivity contribution in [3.8, 4) is 0 Å². The van der Waals surface area contributed by atoms with Gasteiger partial charge in [-0.2, -0.15) is 0 Å². The molecule has 0 aliphatic rings. The average molecular weight is 191 g/mol. The molecule has 54 valence electrons. The van der Waals surface area contributed by atoms with Crippen molar-refractivity contribution in [3.05, 3.63) is 12.7 Å². The van der Waals surface area contributed by atoms with Crippen LogP contribution in [0.3, 0.4) is 0 Å². The van der Waals surface area contributed by atoms with Crippen LogP contribution in [0.1, 0.15) is 0 Å². The van der Waals surface area contributed by atoms with E-state index in [9.17, 15) is 0 Å². The van der Waals surface area contributed by atoms with E-state index in [1.165, 1.54) is 12.7 Å². The molecular formula is C4H5N3S3. The van der Waals surface area contributed by atoms with E-state index in [-0.39, 0.29) is 0 Å². The van der Waals surface area contributed by atoms with Gasteiger partial charge in [-0.05, 0) is 0 Å². The molecule has 0 N–H and O–H groups in total. The Kier molecular flexibility index (Phi) is 3.17. The number of hydrogen-bond donors (Lipinski definition) is 3. The zero-order chi connectivity index (χ0) is 7.40. The van der Waals surface area contributed by atoms with Crippen molar-refractivity contribution in [2.24, 2.45) is 0 Å². The van der Waals surface area contributed by atoms with Crippen LogP contribution in [0.5, 0.6) is 0 Å². The number of hydrogen-bond acceptors (Lipinski definition) is 3. The van der Waals surface area contributed by atoms with Gasteiger partial charge < -0.3 is 0 Å². The van der Waals surface area contributed by atoms with Gasteiger partial charge in [0, 0.05) is 0 Å². The highest BCUT2D eigenvalue weighted by Gasteiger charge is 1.86. The normalized spacial score (nSPS) is 9.40. The lowest BCUT2D eigenvalue weighted by Gasteiger charge is -1.88. The van der Waals surface area contributed by atoms with Crippen molar-refractivity contribution in [2.45, 2.75) is 5.16 Å². The molecule has 0 radical (unpaired) electrons. The first-order chi connectivity index (χ1) is 4.79. The molecule has 3 nitrogen and oxygen atoms in total. The van der Waals surface area contributed by atoms with E-state index < -0.39 is 0 Å². The van der Waals surface area contributed by atoms with Gasteiger partial charge in [-0.15, -0.1) is 36.6 Å². The van der Waals surface area contributed by atoms with Crippen LogP contribution in [0.4, 0.5) is 0 Å². The maximum absolute atomic E-state index is 3.98. The highest BCUT2D eigenvalue weighted by Crippen LogP contribution is 2.06. The van der Waals surface area contributed by atoms with Crippen LogP contribution in [-0.4, -0.2) is 18.5 Å². The lowest BCUT2D eigenvalue weighted by molar-refractivity contribution is 0.907. The molecule has 0 aromatic carbocycles. The van der Waals surface area contributed by atoms with E-state index in [4.69, 9.17) is 0 Å². The minimum atomic E-state index is 0.662. The van der Waals surface area contributed by atoms with E-state index in [1.807, 2.05) is 0 Å². The predicted octanol–water partition coefficient (Wildman–Crippen LogP) is 0.643. The minimum absolute atomic E-state index is 0.662. The summed E-state index contributed by atoms with van der Waals surface area (Å²) in [6, 6.07) is 0. The van der Waals surface area contributed by atoms with Gasteiger partial charge in [0.1, 0.15) is 12.7 Å². The Morgan fingerprint density at radius 1 is 1.30 bits per heavy atom. The highest BCUT2D eigenvalue weighted by molar-refractivity contribution is 8.38. The summed E-state index contributed by atoms with van der Waals surface area (Å²) in [4.78, 5) is 11.4. The molecule has 0 saturated carbocycles. The molecule has 0 atom stereocenters. The first kappa shape index (κ1) is 8.03. The van der Waals surface area contributed by atoms with Gasteiger partial charge in [0.25, 0.3) is 0 Å². The summed E-state index contributed by atoms with van der Waals surface area (Å²) in [5.74, 6) is 0. The van der Waals surface area contributed by atoms with E-state index in [0.29, 0.717) is 8.69 Å². The first-order valence-electron chi connectivity index (χ1n) is 2.37. The van der Waals surface area contributed by atoms with Crippen molar-refractivity contribution < 1.29 is 0 Å². The van der Waals surface area contributed by atoms with Crippen LogP contribution in [0.25, 0.3) is 0 Å². The summed E-state index contributed by atoms with van der Waals surface area (Å²) in [5, 5.41) is 0.662. The van der Waals surface area contributed by atoms with Gasteiger partial charge in [0.05, 0.1) is 3.53 Å². The fourth-order valence-electron chi connectivity index (χ4n) is 0.380. The zero-order valence-corrected chi connectivity index (χ0v) is 7.52. The van der Waals surface area contributed by atoms with Crippen LogP contribution in [-0.2, 0) is 0 Å². The third-order valence-corrected chi connectivity index (χ3v) is 1.91. The van der Waals surface area contributed by atoms with E-state index in [1.54, 1.807) is 0 Å². The maximum atomic E-state index is 3.98. The molecule has 0 aliphatic carbocycles. The Morgan fingerprint density at radius 3 is 2.40 bits per heavy atom.